The second-order valence-corrected chi connectivity index (χ2v) is 5.96. The lowest BCUT2D eigenvalue weighted by atomic mass is 9.96. The van der Waals surface area contributed by atoms with Gasteiger partial charge in [-0.05, 0) is 48.2 Å². The Labute approximate surface area is 147 Å². The topological polar surface area (TPSA) is 75.6 Å². The van der Waals surface area contributed by atoms with Gasteiger partial charge in [0.25, 0.3) is 0 Å². The van der Waals surface area contributed by atoms with E-state index in [1.165, 1.54) is 0 Å². The predicted octanol–water partition coefficient (Wildman–Crippen LogP) is 3.49. The second-order valence-electron chi connectivity index (χ2n) is 5.96. The molecule has 132 valence electrons. The van der Waals surface area contributed by atoms with Gasteiger partial charge in [0.1, 0.15) is 11.8 Å². The van der Waals surface area contributed by atoms with Gasteiger partial charge in [0.05, 0.1) is 13.0 Å². The number of hydrogen-bond donors (Lipinski definition) is 2. The van der Waals surface area contributed by atoms with E-state index in [9.17, 15) is 14.7 Å². The van der Waals surface area contributed by atoms with Crippen LogP contribution in [0.4, 0.5) is 0 Å². The normalized spacial score (nSPS) is 13.0. The van der Waals surface area contributed by atoms with E-state index in [2.05, 4.69) is 11.9 Å². The summed E-state index contributed by atoms with van der Waals surface area (Å²) in [6.45, 7) is 5.35. The molecule has 0 fully saturated rings. The standard InChI is InChI=1S/C20H23NO4/c1-4-5-6-18(20(23)24)21-19(22)13(2)14-7-8-16-12-17(25-3)10-9-15(16)11-14/h4,7-13,18H,1,5-6H2,2-3H3,(H,21,22)(H,23,24)/t13-,18?/m0/s1. The summed E-state index contributed by atoms with van der Waals surface area (Å²) in [5.41, 5.74) is 0.836. The van der Waals surface area contributed by atoms with Gasteiger partial charge >= 0.3 is 5.97 Å². The molecule has 0 aromatic heterocycles. The molecule has 2 atom stereocenters. The van der Waals surface area contributed by atoms with Crippen molar-refractivity contribution in [1.82, 2.24) is 5.32 Å². The van der Waals surface area contributed by atoms with Crippen molar-refractivity contribution in [2.24, 2.45) is 0 Å². The third-order valence-corrected chi connectivity index (χ3v) is 4.24. The van der Waals surface area contributed by atoms with Crippen molar-refractivity contribution in [2.75, 3.05) is 7.11 Å². The number of hydrogen-bond acceptors (Lipinski definition) is 3. The molecule has 0 heterocycles. The maximum Gasteiger partial charge on any atom is 0.326 e. The summed E-state index contributed by atoms with van der Waals surface area (Å²) in [4.78, 5) is 23.7. The number of amides is 1. The van der Waals surface area contributed by atoms with Crippen LogP contribution in [0.3, 0.4) is 0 Å². The molecule has 2 aromatic rings. The molecule has 2 N–H and O–H groups in total. The molecule has 2 aromatic carbocycles. The number of rotatable bonds is 8. The first-order valence-corrected chi connectivity index (χ1v) is 8.18. The SMILES string of the molecule is C=CCCC(NC(=O)[C@@H](C)c1ccc2cc(OC)ccc2c1)C(=O)O. The predicted molar refractivity (Wildman–Crippen MR) is 97.9 cm³/mol. The molecular weight excluding hydrogens is 318 g/mol. The molecule has 0 radical (unpaired) electrons. The number of carbonyl (C=O) groups excluding carboxylic acids is 1. The van der Waals surface area contributed by atoms with Gasteiger partial charge in [0.15, 0.2) is 0 Å². The van der Waals surface area contributed by atoms with Crippen LogP contribution in [0.5, 0.6) is 5.75 Å². The molecule has 25 heavy (non-hydrogen) atoms. The van der Waals surface area contributed by atoms with Crippen molar-refractivity contribution in [2.45, 2.75) is 31.7 Å². The van der Waals surface area contributed by atoms with Gasteiger partial charge < -0.3 is 15.2 Å². The van der Waals surface area contributed by atoms with Crippen LogP contribution in [0, 0.1) is 0 Å². The zero-order valence-corrected chi connectivity index (χ0v) is 14.5. The summed E-state index contributed by atoms with van der Waals surface area (Å²) in [6.07, 6.45) is 2.50. The van der Waals surface area contributed by atoms with Crippen molar-refractivity contribution < 1.29 is 19.4 Å². The molecule has 1 unspecified atom stereocenters. The van der Waals surface area contributed by atoms with Crippen LogP contribution in [-0.2, 0) is 9.59 Å². The Balaban J connectivity index is 2.16. The molecule has 0 spiro atoms. The smallest absolute Gasteiger partial charge is 0.326 e. The average Bonchev–Trinajstić information content (AvgIpc) is 2.63. The molecule has 2 rings (SSSR count). The summed E-state index contributed by atoms with van der Waals surface area (Å²) in [7, 11) is 1.62. The molecule has 0 saturated heterocycles. The van der Waals surface area contributed by atoms with E-state index in [0.717, 1.165) is 22.1 Å². The van der Waals surface area contributed by atoms with Gasteiger partial charge in [-0.1, -0.05) is 30.3 Å². The fourth-order valence-electron chi connectivity index (χ4n) is 2.63. The number of carbonyl (C=O) groups is 2. The van der Waals surface area contributed by atoms with Crippen molar-refractivity contribution in [3.05, 3.63) is 54.6 Å². The lowest BCUT2D eigenvalue weighted by molar-refractivity contribution is -0.142. The molecule has 0 aliphatic rings. The Kier molecular flexibility index (Phi) is 6.17. The Morgan fingerprint density at radius 2 is 1.92 bits per heavy atom. The number of carboxylic acid groups (broad SMARTS) is 1. The number of ether oxygens (including phenoxy) is 1. The van der Waals surface area contributed by atoms with E-state index in [1.54, 1.807) is 20.1 Å². The van der Waals surface area contributed by atoms with Crippen LogP contribution in [0.25, 0.3) is 10.8 Å². The third-order valence-electron chi connectivity index (χ3n) is 4.24. The van der Waals surface area contributed by atoms with E-state index in [-0.39, 0.29) is 5.91 Å². The first-order valence-electron chi connectivity index (χ1n) is 8.18. The highest BCUT2D eigenvalue weighted by atomic mass is 16.5. The first kappa shape index (κ1) is 18.5. The Morgan fingerprint density at radius 3 is 2.56 bits per heavy atom. The zero-order valence-electron chi connectivity index (χ0n) is 14.5. The van der Waals surface area contributed by atoms with Gasteiger partial charge in [-0.3, -0.25) is 4.79 Å². The van der Waals surface area contributed by atoms with Gasteiger partial charge in [0, 0.05) is 0 Å². The largest absolute Gasteiger partial charge is 0.497 e. The van der Waals surface area contributed by atoms with Gasteiger partial charge in [0.2, 0.25) is 5.91 Å². The summed E-state index contributed by atoms with van der Waals surface area (Å²) in [6, 6.07) is 10.6. The Hall–Kier alpha value is -2.82. The number of fused-ring (bicyclic) bond motifs is 1. The van der Waals surface area contributed by atoms with E-state index in [4.69, 9.17) is 4.74 Å². The first-order chi connectivity index (χ1) is 12.0. The highest BCUT2D eigenvalue weighted by Gasteiger charge is 2.23. The Bertz CT molecular complexity index is 784. The van der Waals surface area contributed by atoms with Crippen LogP contribution in [0.1, 0.15) is 31.2 Å². The van der Waals surface area contributed by atoms with Crippen molar-refractivity contribution in [1.29, 1.82) is 0 Å². The Morgan fingerprint density at radius 1 is 1.24 bits per heavy atom. The molecule has 5 nitrogen and oxygen atoms in total. The molecule has 5 heteroatoms. The zero-order chi connectivity index (χ0) is 18.4. The van der Waals surface area contributed by atoms with Crippen LogP contribution < -0.4 is 10.1 Å². The summed E-state index contributed by atoms with van der Waals surface area (Å²) >= 11 is 0. The van der Waals surface area contributed by atoms with Crippen molar-refractivity contribution in [3.8, 4) is 5.75 Å². The van der Waals surface area contributed by atoms with Crippen LogP contribution in [0.2, 0.25) is 0 Å². The molecule has 0 aliphatic heterocycles. The molecule has 0 bridgehead atoms. The quantitative estimate of drug-likeness (QED) is 0.721. The minimum absolute atomic E-state index is 0.302. The van der Waals surface area contributed by atoms with Crippen molar-refractivity contribution in [3.63, 3.8) is 0 Å². The van der Waals surface area contributed by atoms with Gasteiger partial charge in [-0.15, -0.1) is 6.58 Å². The van der Waals surface area contributed by atoms with Crippen LogP contribution in [0.15, 0.2) is 49.1 Å². The maximum atomic E-state index is 12.4. The molecule has 0 saturated carbocycles. The second kappa shape index (κ2) is 8.33. The highest BCUT2D eigenvalue weighted by molar-refractivity contribution is 5.90. The minimum atomic E-state index is -1.03. The maximum absolute atomic E-state index is 12.4. The molecule has 0 aliphatic carbocycles. The number of benzene rings is 2. The summed E-state index contributed by atoms with van der Waals surface area (Å²) < 4.78 is 5.21. The number of methoxy groups -OCH3 is 1. The lowest BCUT2D eigenvalue weighted by Gasteiger charge is -2.18. The third kappa shape index (κ3) is 4.59. The van der Waals surface area contributed by atoms with Gasteiger partial charge in [-0.2, -0.15) is 0 Å². The summed E-state index contributed by atoms with van der Waals surface area (Å²) in [5, 5.41) is 13.9. The van der Waals surface area contributed by atoms with E-state index >= 15 is 0 Å². The number of aliphatic carboxylic acids is 1. The number of allylic oxidation sites excluding steroid dienone is 1. The van der Waals surface area contributed by atoms with Gasteiger partial charge in [-0.25, -0.2) is 4.79 Å². The van der Waals surface area contributed by atoms with E-state index < -0.39 is 17.9 Å². The van der Waals surface area contributed by atoms with Crippen molar-refractivity contribution >= 4 is 22.6 Å². The average molecular weight is 341 g/mol. The number of nitrogens with one attached hydrogen (secondary N) is 1. The fourth-order valence-corrected chi connectivity index (χ4v) is 2.63. The fraction of sp³-hybridized carbons (Fsp3) is 0.300. The van der Waals surface area contributed by atoms with Crippen LogP contribution >= 0.6 is 0 Å². The summed E-state index contributed by atoms with van der Waals surface area (Å²) in [5.74, 6) is -1.01. The van der Waals surface area contributed by atoms with E-state index in [1.807, 2.05) is 36.4 Å². The minimum Gasteiger partial charge on any atom is -0.497 e. The lowest BCUT2D eigenvalue weighted by Crippen LogP contribution is -2.42. The highest BCUT2D eigenvalue weighted by Crippen LogP contribution is 2.25. The number of carboxylic acids is 1. The van der Waals surface area contributed by atoms with Crippen LogP contribution in [-0.4, -0.2) is 30.1 Å². The van der Waals surface area contributed by atoms with E-state index in [0.29, 0.717) is 12.8 Å². The molecular formula is C20H23NO4. The monoisotopic (exact) mass is 341 g/mol. The molecule has 1 amide bonds.